The molecule has 0 aliphatic heterocycles. The van der Waals surface area contributed by atoms with E-state index in [9.17, 15) is 14.4 Å². The van der Waals surface area contributed by atoms with Gasteiger partial charge in [-0.1, -0.05) is 179 Å². The Kier molecular flexibility index (Phi) is 27.4. The minimum absolute atomic E-state index is 0.340. The fraction of sp³-hybridized carbons (Fsp3) is 0.313. The largest absolute Gasteiger partial charge is 0.463 e. The van der Waals surface area contributed by atoms with Gasteiger partial charge in [-0.05, 0) is 175 Å². The highest BCUT2D eigenvalue weighted by molar-refractivity contribution is 8.03. The molecule has 0 N–H and O–H groups in total. The number of carbonyl (C=O) groups is 3. The molecular weight excluding hydrogens is 947 g/mol. The number of unbranched alkanes of at least 4 members (excludes halogenated alkanes) is 8. The number of hydrogen-bond donors (Lipinski definition) is 0. The Morgan fingerprint density at radius 1 is 0.347 bits per heavy atom. The van der Waals surface area contributed by atoms with E-state index in [1.165, 1.54) is 91.2 Å². The van der Waals surface area contributed by atoms with E-state index in [1.807, 2.05) is 12.1 Å². The minimum atomic E-state index is -0.343. The number of nitriles is 1. The molecule has 6 aromatic carbocycles. The lowest BCUT2D eigenvalue weighted by molar-refractivity contribution is -0.138. The van der Waals surface area contributed by atoms with Gasteiger partial charge < -0.3 is 14.2 Å². The van der Waals surface area contributed by atoms with Crippen LogP contribution in [0.25, 0.3) is 22.3 Å². The second-order valence-corrected chi connectivity index (χ2v) is 19.6. The van der Waals surface area contributed by atoms with Crippen LogP contribution in [0.5, 0.6) is 0 Å². The van der Waals surface area contributed by atoms with E-state index in [-0.39, 0.29) is 17.9 Å². The summed E-state index contributed by atoms with van der Waals surface area (Å²) in [5.74, 6) is -1.02. The Bertz CT molecular complexity index is 2670. The number of hydrogen-bond acceptors (Lipinski definition) is 8. The number of thioether (sulfide) groups is 1. The van der Waals surface area contributed by atoms with E-state index in [2.05, 4.69) is 159 Å². The average molecular weight is 1020 g/mol. The van der Waals surface area contributed by atoms with Gasteiger partial charge in [0.15, 0.2) is 0 Å². The van der Waals surface area contributed by atoms with Crippen LogP contribution in [0.15, 0.2) is 188 Å². The van der Waals surface area contributed by atoms with Gasteiger partial charge in [0.2, 0.25) is 0 Å². The second-order valence-electron chi connectivity index (χ2n) is 18.7. The SMILES string of the molecule is C=CC(=O)OCCCCCCc1ccc(-c2ccc(CCc3ccc(CCCCCOC(=O)C=C)cc3)cc2)cc1.C=CC(=O)OCCCCCCc1ccc(-c2ccc(CCc3ccc(SC#N)cc3)cc2)cc1. The fourth-order valence-corrected chi connectivity index (χ4v) is 8.93. The topological polar surface area (TPSA) is 103 Å². The summed E-state index contributed by atoms with van der Waals surface area (Å²) in [6, 6.07) is 52.8. The number of ether oxygens (including phenoxy) is 3. The van der Waals surface area contributed by atoms with Crippen molar-refractivity contribution in [3.05, 3.63) is 223 Å². The molecule has 7 nitrogen and oxygen atoms in total. The Morgan fingerprint density at radius 2 is 0.573 bits per heavy atom. The molecule has 0 bridgehead atoms. The number of carbonyl (C=O) groups excluding carboxylic acids is 3. The summed E-state index contributed by atoms with van der Waals surface area (Å²) >= 11 is 1.20. The number of esters is 3. The van der Waals surface area contributed by atoms with Crippen molar-refractivity contribution in [1.82, 2.24) is 0 Å². The van der Waals surface area contributed by atoms with Crippen molar-refractivity contribution < 1.29 is 28.6 Å². The van der Waals surface area contributed by atoms with E-state index in [1.54, 1.807) is 0 Å². The summed E-state index contributed by atoms with van der Waals surface area (Å²) in [5, 5.41) is 10.9. The van der Waals surface area contributed by atoms with Crippen molar-refractivity contribution in [2.24, 2.45) is 0 Å². The Labute approximate surface area is 451 Å². The fourth-order valence-electron chi connectivity index (χ4n) is 8.55. The smallest absolute Gasteiger partial charge is 0.330 e. The maximum atomic E-state index is 11.0. The molecule has 0 saturated heterocycles. The normalized spacial score (nSPS) is 10.5. The lowest BCUT2D eigenvalue weighted by atomic mass is 9.98. The van der Waals surface area contributed by atoms with Crippen molar-refractivity contribution >= 4 is 29.7 Å². The Morgan fingerprint density at radius 3 is 0.840 bits per heavy atom. The molecule has 0 aliphatic rings. The highest BCUT2D eigenvalue weighted by Crippen LogP contribution is 2.25. The molecule has 0 saturated carbocycles. The van der Waals surface area contributed by atoms with Crippen molar-refractivity contribution in [1.29, 1.82) is 5.26 Å². The van der Waals surface area contributed by atoms with Gasteiger partial charge in [0.1, 0.15) is 5.40 Å². The lowest BCUT2D eigenvalue weighted by Gasteiger charge is -2.08. The summed E-state index contributed by atoms with van der Waals surface area (Å²) in [6.07, 6.45) is 22.4. The predicted molar refractivity (Wildman–Crippen MR) is 308 cm³/mol. The third-order valence-electron chi connectivity index (χ3n) is 13.1. The highest BCUT2D eigenvalue weighted by atomic mass is 32.2. The first-order valence-electron chi connectivity index (χ1n) is 26.7. The molecule has 6 aromatic rings. The van der Waals surface area contributed by atoms with Crippen LogP contribution < -0.4 is 0 Å². The average Bonchev–Trinajstić information content (AvgIpc) is 3.45. The Hall–Kier alpha value is -7.21. The summed E-state index contributed by atoms with van der Waals surface area (Å²) in [5.41, 5.74) is 14.4. The van der Waals surface area contributed by atoms with Crippen LogP contribution in [0.1, 0.15) is 110 Å². The number of aryl methyl sites for hydroxylation is 7. The molecular formula is C67H75NO6S. The van der Waals surface area contributed by atoms with Crippen LogP contribution in [0, 0.1) is 10.7 Å². The molecule has 390 valence electrons. The maximum Gasteiger partial charge on any atom is 0.330 e. The van der Waals surface area contributed by atoms with Crippen molar-refractivity contribution in [2.45, 2.75) is 120 Å². The third kappa shape index (κ3) is 23.7. The molecule has 0 aromatic heterocycles. The summed E-state index contributed by atoms with van der Waals surface area (Å²) in [6.45, 7) is 11.6. The van der Waals surface area contributed by atoms with Gasteiger partial charge in [-0.2, -0.15) is 5.26 Å². The molecule has 0 heterocycles. The second kappa shape index (κ2) is 35.1. The molecule has 0 amide bonds. The quantitative estimate of drug-likeness (QED) is 0.0103. The zero-order chi connectivity index (χ0) is 53.1. The minimum Gasteiger partial charge on any atom is -0.463 e. The standard InChI is InChI=1S/C37H44O4.C30H31NO2S/c1-3-36(38)40-28-10-6-5-8-12-31-20-24-34(25-21-31)35-26-22-33(23-27-35)19-18-32-16-14-30(15-17-32)13-9-7-11-29-41-37(39)4-2;1-2-30(32)33-22-6-4-3-5-7-24-10-16-27(17-11-24)28-18-12-25(13-19-28)8-9-26-14-20-29(21-15-26)34-23-31/h3-4,14-17,20-27H,1-2,5-13,18-19,28-29H2;2,10-21H,1,3-9,22H2. The number of thiocyanates is 1. The summed E-state index contributed by atoms with van der Waals surface area (Å²) in [4.78, 5) is 34.1. The summed E-state index contributed by atoms with van der Waals surface area (Å²) in [7, 11) is 0. The number of benzene rings is 6. The van der Waals surface area contributed by atoms with Crippen LogP contribution >= 0.6 is 11.8 Å². The molecule has 0 radical (unpaired) electrons. The Balaban J connectivity index is 0.000000282. The highest BCUT2D eigenvalue weighted by Gasteiger charge is 2.06. The zero-order valence-corrected chi connectivity index (χ0v) is 44.7. The first kappa shape index (κ1) is 58.7. The van der Waals surface area contributed by atoms with Gasteiger partial charge in [-0.15, -0.1) is 0 Å². The van der Waals surface area contributed by atoms with E-state index >= 15 is 0 Å². The van der Waals surface area contributed by atoms with Crippen LogP contribution in [0.2, 0.25) is 0 Å². The predicted octanol–water partition coefficient (Wildman–Crippen LogP) is 16.0. The van der Waals surface area contributed by atoms with Crippen molar-refractivity contribution in [3.63, 3.8) is 0 Å². The zero-order valence-electron chi connectivity index (χ0n) is 43.9. The van der Waals surface area contributed by atoms with Crippen LogP contribution in [0.4, 0.5) is 0 Å². The number of rotatable bonds is 32. The molecule has 8 heteroatoms. The lowest BCUT2D eigenvalue weighted by Crippen LogP contribution is -2.01. The summed E-state index contributed by atoms with van der Waals surface area (Å²) < 4.78 is 15.0. The molecule has 0 fully saturated rings. The van der Waals surface area contributed by atoms with Gasteiger partial charge >= 0.3 is 17.9 Å². The molecule has 0 atom stereocenters. The monoisotopic (exact) mass is 1020 g/mol. The first-order valence-corrected chi connectivity index (χ1v) is 27.5. The third-order valence-corrected chi connectivity index (χ3v) is 13.7. The van der Waals surface area contributed by atoms with Crippen LogP contribution in [0.3, 0.4) is 0 Å². The van der Waals surface area contributed by atoms with Crippen LogP contribution in [-0.2, 0) is 73.5 Å². The van der Waals surface area contributed by atoms with E-state index < -0.39 is 0 Å². The first-order chi connectivity index (χ1) is 36.7. The molecule has 0 aliphatic carbocycles. The van der Waals surface area contributed by atoms with Gasteiger partial charge in [0, 0.05) is 23.1 Å². The van der Waals surface area contributed by atoms with Crippen molar-refractivity contribution in [3.8, 4) is 27.7 Å². The number of nitrogens with zero attached hydrogens (tertiary/aromatic N) is 1. The van der Waals surface area contributed by atoms with Gasteiger partial charge in [0.25, 0.3) is 0 Å². The van der Waals surface area contributed by atoms with Gasteiger partial charge in [-0.3, -0.25) is 0 Å². The van der Waals surface area contributed by atoms with Gasteiger partial charge in [0.05, 0.1) is 19.8 Å². The van der Waals surface area contributed by atoms with Crippen molar-refractivity contribution in [2.75, 3.05) is 19.8 Å². The molecule has 75 heavy (non-hydrogen) atoms. The van der Waals surface area contributed by atoms with Crippen LogP contribution in [-0.4, -0.2) is 37.7 Å². The molecule has 0 spiro atoms. The van der Waals surface area contributed by atoms with E-state index in [0.717, 1.165) is 120 Å². The van der Waals surface area contributed by atoms with E-state index in [0.29, 0.717) is 19.8 Å². The maximum absolute atomic E-state index is 11.0. The van der Waals surface area contributed by atoms with E-state index in [4.69, 9.17) is 19.5 Å². The molecule has 0 unspecified atom stereocenters. The van der Waals surface area contributed by atoms with Gasteiger partial charge in [-0.25, -0.2) is 14.4 Å². The molecule has 6 rings (SSSR count).